The minimum absolute atomic E-state index is 0.0295. The first-order valence-electron chi connectivity index (χ1n) is 9.67. The van der Waals surface area contributed by atoms with Gasteiger partial charge in [-0.2, -0.15) is 0 Å². The van der Waals surface area contributed by atoms with Gasteiger partial charge in [0.1, 0.15) is 17.7 Å². The highest BCUT2D eigenvalue weighted by Gasteiger charge is 2.70. The summed E-state index contributed by atoms with van der Waals surface area (Å²) in [5.74, 6) is -0.0455. The van der Waals surface area contributed by atoms with Gasteiger partial charge < -0.3 is 19.7 Å². The summed E-state index contributed by atoms with van der Waals surface area (Å²) in [5, 5.41) is 2.70. The number of nitrogens with one attached hydrogen (secondary N) is 1. The molecule has 1 saturated heterocycles. The van der Waals surface area contributed by atoms with Crippen molar-refractivity contribution >= 4 is 18.0 Å². The number of esters is 1. The highest BCUT2D eigenvalue weighted by molar-refractivity contribution is 5.91. The minimum Gasteiger partial charge on any atom is -0.467 e. The van der Waals surface area contributed by atoms with Crippen molar-refractivity contribution < 1.29 is 23.9 Å². The van der Waals surface area contributed by atoms with E-state index in [1.54, 1.807) is 25.7 Å². The molecule has 1 saturated carbocycles. The number of piperidine rings is 1. The molecule has 0 radical (unpaired) electrons. The molecule has 0 unspecified atom stereocenters. The quantitative estimate of drug-likeness (QED) is 0.739. The normalized spacial score (nSPS) is 27.0. The molecule has 154 valence electrons. The van der Waals surface area contributed by atoms with E-state index in [0.717, 1.165) is 0 Å². The number of carbonyl (C=O) groups is 3. The molecular formula is C20H34N2O5. The zero-order chi connectivity index (χ0) is 20.7. The lowest BCUT2D eigenvalue weighted by Gasteiger charge is -2.33. The third-order valence-corrected chi connectivity index (χ3v) is 5.63. The predicted octanol–water partition coefficient (Wildman–Crippen LogP) is 2.58. The van der Waals surface area contributed by atoms with Crippen LogP contribution in [-0.2, 0) is 19.1 Å². The second-order valence-electron chi connectivity index (χ2n) is 9.74. The third-order valence-electron chi connectivity index (χ3n) is 5.63. The number of hydrogen-bond acceptors (Lipinski definition) is 5. The molecule has 27 heavy (non-hydrogen) atoms. The monoisotopic (exact) mass is 382 g/mol. The van der Waals surface area contributed by atoms with E-state index in [1.165, 1.54) is 7.11 Å². The number of rotatable bonds is 5. The number of amides is 2. The number of alkyl carbamates (subject to hydrolysis) is 1. The van der Waals surface area contributed by atoms with Gasteiger partial charge in [-0.3, -0.25) is 4.79 Å². The van der Waals surface area contributed by atoms with Gasteiger partial charge in [-0.05, 0) is 44.4 Å². The maximum absolute atomic E-state index is 13.2. The van der Waals surface area contributed by atoms with Crippen LogP contribution in [0.3, 0.4) is 0 Å². The maximum Gasteiger partial charge on any atom is 0.408 e. The van der Waals surface area contributed by atoms with Gasteiger partial charge >= 0.3 is 12.1 Å². The maximum atomic E-state index is 13.2. The number of ether oxygens (including phenoxy) is 2. The summed E-state index contributed by atoms with van der Waals surface area (Å²) in [6.07, 6.45) is -0.151. The van der Waals surface area contributed by atoms with E-state index in [4.69, 9.17) is 9.47 Å². The smallest absolute Gasteiger partial charge is 0.408 e. The summed E-state index contributed by atoms with van der Waals surface area (Å²) < 4.78 is 10.3. The number of hydrogen-bond donors (Lipinski definition) is 1. The molecule has 1 aliphatic heterocycles. The molecule has 7 heteroatoms. The first kappa shape index (κ1) is 21.5. The standard InChI is InChI=1S/C20H34N2O5/c1-11(2)9-13(21-18(25)27-19(3,4)5)16(23)22-10-12-14(20(12,6)7)15(22)17(24)26-8/h11-15H,9-10H2,1-8H3,(H,21,25)/t12-,13-,14-,15-/m0/s1. The molecule has 2 fully saturated rings. The molecule has 1 heterocycles. The number of fused-ring (bicyclic) bond motifs is 1. The number of methoxy groups -OCH3 is 1. The van der Waals surface area contributed by atoms with Crippen molar-refractivity contribution in [1.82, 2.24) is 10.2 Å². The topological polar surface area (TPSA) is 84.9 Å². The van der Waals surface area contributed by atoms with E-state index in [1.807, 2.05) is 13.8 Å². The van der Waals surface area contributed by atoms with Crippen LogP contribution in [0.25, 0.3) is 0 Å². The molecule has 0 aromatic heterocycles. The summed E-state index contributed by atoms with van der Waals surface area (Å²) in [6, 6.07) is -1.31. The molecule has 1 N–H and O–H groups in total. The lowest BCUT2D eigenvalue weighted by atomic mass is 9.98. The van der Waals surface area contributed by atoms with Gasteiger partial charge in [0.25, 0.3) is 0 Å². The van der Waals surface area contributed by atoms with Crippen molar-refractivity contribution in [1.29, 1.82) is 0 Å². The Labute approximate surface area is 162 Å². The van der Waals surface area contributed by atoms with Crippen molar-refractivity contribution in [2.75, 3.05) is 13.7 Å². The van der Waals surface area contributed by atoms with Gasteiger partial charge in [0.2, 0.25) is 5.91 Å². The van der Waals surface area contributed by atoms with Crippen LogP contribution in [0.1, 0.15) is 54.9 Å². The van der Waals surface area contributed by atoms with Crippen LogP contribution in [0.5, 0.6) is 0 Å². The fourth-order valence-electron chi connectivity index (χ4n) is 4.25. The summed E-state index contributed by atoms with van der Waals surface area (Å²) in [7, 11) is 1.35. The van der Waals surface area contributed by atoms with Crippen LogP contribution in [0.15, 0.2) is 0 Å². The number of likely N-dealkylation sites (tertiary alicyclic amines) is 1. The molecule has 2 amide bonds. The number of nitrogens with zero attached hydrogens (tertiary/aromatic N) is 1. The molecule has 0 aromatic carbocycles. The van der Waals surface area contributed by atoms with Crippen molar-refractivity contribution in [2.24, 2.45) is 23.2 Å². The Bertz CT molecular complexity index is 608. The average molecular weight is 383 g/mol. The summed E-state index contributed by atoms with van der Waals surface area (Å²) in [6.45, 7) is 14.0. The minimum atomic E-state index is -0.729. The van der Waals surface area contributed by atoms with Gasteiger partial charge in [-0.15, -0.1) is 0 Å². The van der Waals surface area contributed by atoms with Crippen LogP contribution in [0.4, 0.5) is 4.79 Å². The number of carbonyl (C=O) groups excluding carboxylic acids is 3. The lowest BCUT2D eigenvalue weighted by Crippen LogP contribution is -2.54. The fourth-order valence-corrected chi connectivity index (χ4v) is 4.25. The Morgan fingerprint density at radius 3 is 2.30 bits per heavy atom. The first-order chi connectivity index (χ1) is 12.3. The van der Waals surface area contributed by atoms with E-state index < -0.39 is 23.8 Å². The molecule has 4 atom stereocenters. The molecular weight excluding hydrogens is 348 g/mol. The summed E-state index contributed by atoms with van der Waals surface area (Å²) >= 11 is 0. The second-order valence-corrected chi connectivity index (χ2v) is 9.74. The summed E-state index contributed by atoms with van der Waals surface area (Å²) in [4.78, 5) is 39.4. The highest BCUT2D eigenvalue weighted by atomic mass is 16.6. The Morgan fingerprint density at radius 1 is 1.22 bits per heavy atom. The Hall–Kier alpha value is -1.79. The van der Waals surface area contributed by atoms with Crippen molar-refractivity contribution in [2.45, 2.75) is 72.6 Å². The average Bonchev–Trinajstić information content (AvgIpc) is 2.88. The second kappa shape index (κ2) is 7.32. The van der Waals surface area contributed by atoms with Gasteiger partial charge in [-0.1, -0.05) is 27.7 Å². The van der Waals surface area contributed by atoms with E-state index >= 15 is 0 Å². The predicted molar refractivity (Wildman–Crippen MR) is 101 cm³/mol. The van der Waals surface area contributed by atoms with E-state index in [9.17, 15) is 14.4 Å². The fraction of sp³-hybridized carbons (Fsp3) is 0.850. The van der Waals surface area contributed by atoms with Gasteiger partial charge in [-0.25, -0.2) is 9.59 Å². The molecule has 2 rings (SSSR count). The Balaban J connectivity index is 2.17. The largest absolute Gasteiger partial charge is 0.467 e. The van der Waals surface area contributed by atoms with Gasteiger partial charge in [0.15, 0.2) is 0 Å². The molecule has 1 aliphatic carbocycles. The Morgan fingerprint density at radius 2 is 1.81 bits per heavy atom. The molecule has 0 bridgehead atoms. The third kappa shape index (κ3) is 4.55. The van der Waals surface area contributed by atoms with Crippen LogP contribution in [0, 0.1) is 23.2 Å². The van der Waals surface area contributed by atoms with E-state index in [-0.39, 0.29) is 35.0 Å². The molecule has 0 spiro atoms. The van der Waals surface area contributed by atoms with Crippen molar-refractivity contribution in [3.05, 3.63) is 0 Å². The van der Waals surface area contributed by atoms with Gasteiger partial charge in [0.05, 0.1) is 7.11 Å². The lowest BCUT2D eigenvalue weighted by molar-refractivity contribution is -0.153. The van der Waals surface area contributed by atoms with E-state index in [0.29, 0.717) is 13.0 Å². The van der Waals surface area contributed by atoms with Crippen LogP contribution < -0.4 is 5.32 Å². The van der Waals surface area contributed by atoms with Crippen molar-refractivity contribution in [3.63, 3.8) is 0 Å². The molecule has 2 aliphatic rings. The molecule has 0 aromatic rings. The van der Waals surface area contributed by atoms with Crippen LogP contribution in [0.2, 0.25) is 0 Å². The molecule has 7 nitrogen and oxygen atoms in total. The van der Waals surface area contributed by atoms with E-state index in [2.05, 4.69) is 19.2 Å². The summed E-state index contributed by atoms with van der Waals surface area (Å²) in [5.41, 5.74) is -0.620. The van der Waals surface area contributed by atoms with Crippen LogP contribution in [-0.4, -0.2) is 54.2 Å². The zero-order valence-electron chi connectivity index (χ0n) is 17.8. The van der Waals surface area contributed by atoms with Gasteiger partial charge in [0, 0.05) is 12.5 Å². The van der Waals surface area contributed by atoms with Crippen molar-refractivity contribution in [3.8, 4) is 0 Å². The SMILES string of the molecule is COC(=O)[C@@H]1[C@@H]2[C@H](CN1C(=O)[C@H](CC(C)C)NC(=O)OC(C)(C)C)C2(C)C. The highest BCUT2D eigenvalue weighted by Crippen LogP contribution is 2.65. The van der Waals surface area contributed by atoms with Crippen LogP contribution >= 0.6 is 0 Å². The zero-order valence-corrected chi connectivity index (χ0v) is 17.8. The Kier molecular flexibility index (Phi) is 5.83. The first-order valence-corrected chi connectivity index (χ1v) is 9.67.